The fourth-order valence-electron chi connectivity index (χ4n) is 3.15. The van der Waals surface area contributed by atoms with Gasteiger partial charge < -0.3 is 15.4 Å². The van der Waals surface area contributed by atoms with Gasteiger partial charge in [-0.15, -0.1) is 0 Å². The molecule has 30 heavy (non-hydrogen) atoms. The molecule has 2 N–H and O–H groups in total. The lowest BCUT2D eigenvalue weighted by Crippen LogP contribution is -2.31. The fraction of sp³-hybridized carbons (Fsp3) is 0.227. The van der Waals surface area contributed by atoms with E-state index in [9.17, 15) is 14.9 Å². The number of amides is 2. The molecule has 1 atom stereocenters. The summed E-state index contributed by atoms with van der Waals surface area (Å²) in [5, 5.41) is 15.8. The van der Waals surface area contributed by atoms with Crippen LogP contribution in [0.5, 0.6) is 5.75 Å². The van der Waals surface area contributed by atoms with E-state index in [0.717, 1.165) is 33.0 Å². The predicted molar refractivity (Wildman–Crippen MR) is 121 cm³/mol. The summed E-state index contributed by atoms with van der Waals surface area (Å²) in [5.74, 6) is 0.0356. The minimum Gasteiger partial charge on any atom is -0.497 e. The molecule has 1 heterocycles. The second-order valence-corrected chi connectivity index (χ2v) is 8.63. The van der Waals surface area contributed by atoms with Gasteiger partial charge in [0.15, 0.2) is 0 Å². The molecule has 1 aliphatic rings. The molecule has 2 amide bonds. The number of nitrogens with one attached hydrogen (secondary N) is 2. The van der Waals surface area contributed by atoms with Crippen LogP contribution in [0.1, 0.15) is 23.5 Å². The Morgan fingerprint density at radius 1 is 1.33 bits per heavy atom. The number of rotatable bonds is 6. The summed E-state index contributed by atoms with van der Waals surface area (Å²) in [6.45, 7) is 1.91. The average Bonchev–Trinajstić information content (AvgIpc) is 2.74. The van der Waals surface area contributed by atoms with Crippen molar-refractivity contribution in [3.63, 3.8) is 0 Å². The summed E-state index contributed by atoms with van der Waals surface area (Å²) in [5.41, 5.74) is 2.97. The van der Waals surface area contributed by atoms with Gasteiger partial charge in [0.25, 0.3) is 0 Å². The Balaban J connectivity index is 1.75. The number of ether oxygens (including phenoxy) is 1. The quantitative estimate of drug-likeness (QED) is 0.629. The molecule has 2 aromatic carbocycles. The van der Waals surface area contributed by atoms with Gasteiger partial charge in [0.05, 0.1) is 29.5 Å². The number of methoxy groups -OCH3 is 1. The molecule has 1 aliphatic heterocycles. The number of carbonyl (C=O) groups is 2. The van der Waals surface area contributed by atoms with Crippen molar-refractivity contribution < 1.29 is 14.3 Å². The molecule has 0 bridgehead atoms. The van der Waals surface area contributed by atoms with Crippen LogP contribution in [-0.2, 0) is 9.59 Å². The van der Waals surface area contributed by atoms with Gasteiger partial charge in [-0.1, -0.05) is 39.8 Å². The van der Waals surface area contributed by atoms with Gasteiger partial charge in [0, 0.05) is 22.5 Å². The molecular formula is C22H20BrN3O3S. The van der Waals surface area contributed by atoms with Crippen LogP contribution < -0.4 is 15.4 Å². The maximum absolute atomic E-state index is 12.4. The molecule has 154 valence electrons. The number of nitrogens with zero attached hydrogens (tertiary/aromatic N) is 1. The number of carbonyl (C=O) groups excluding carboxylic acids is 2. The number of allylic oxidation sites excluding steroid dienone is 1. The first-order chi connectivity index (χ1) is 14.4. The van der Waals surface area contributed by atoms with Gasteiger partial charge in [0.1, 0.15) is 5.75 Å². The molecule has 0 saturated heterocycles. The van der Waals surface area contributed by atoms with Crippen LogP contribution in [-0.4, -0.2) is 24.7 Å². The average molecular weight is 486 g/mol. The van der Waals surface area contributed by atoms with Crippen LogP contribution >= 0.6 is 27.7 Å². The molecule has 3 rings (SSSR count). The summed E-state index contributed by atoms with van der Waals surface area (Å²) in [7, 11) is 1.58. The van der Waals surface area contributed by atoms with Gasteiger partial charge in [-0.2, -0.15) is 5.26 Å². The summed E-state index contributed by atoms with van der Waals surface area (Å²) in [6, 6.07) is 15.1. The van der Waals surface area contributed by atoms with Gasteiger partial charge in [0.2, 0.25) is 11.8 Å². The van der Waals surface area contributed by atoms with Crippen LogP contribution in [0.25, 0.3) is 0 Å². The van der Waals surface area contributed by atoms with Crippen molar-refractivity contribution in [1.29, 1.82) is 5.26 Å². The smallest absolute Gasteiger partial charge is 0.234 e. The maximum atomic E-state index is 12.4. The third-order valence-corrected chi connectivity index (χ3v) is 6.19. The van der Waals surface area contributed by atoms with E-state index in [1.54, 1.807) is 19.2 Å². The Bertz CT molecular complexity index is 1040. The van der Waals surface area contributed by atoms with Crippen molar-refractivity contribution in [2.45, 2.75) is 19.3 Å². The highest BCUT2D eigenvalue weighted by Crippen LogP contribution is 2.36. The van der Waals surface area contributed by atoms with E-state index in [1.165, 1.54) is 0 Å². The summed E-state index contributed by atoms with van der Waals surface area (Å²) < 4.78 is 6.11. The number of anilines is 1. The Morgan fingerprint density at radius 3 is 2.70 bits per heavy atom. The first-order valence-corrected chi connectivity index (χ1v) is 11.0. The molecule has 0 spiro atoms. The van der Waals surface area contributed by atoms with Gasteiger partial charge in [-0.3, -0.25) is 9.59 Å². The predicted octanol–water partition coefficient (Wildman–Crippen LogP) is 4.48. The third kappa shape index (κ3) is 5.23. The first kappa shape index (κ1) is 21.9. The van der Waals surface area contributed by atoms with Crippen LogP contribution in [0.15, 0.2) is 57.5 Å². The van der Waals surface area contributed by atoms with Crippen molar-refractivity contribution in [2.75, 3.05) is 18.2 Å². The zero-order chi connectivity index (χ0) is 21.7. The molecule has 2 aromatic rings. The Kier molecular flexibility index (Phi) is 7.19. The van der Waals surface area contributed by atoms with Gasteiger partial charge in [-0.05, 0) is 48.4 Å². The largest absolute Gasteiger partial charge is 0.497 e. The SMILES string of the molecule is COc1ccc([C@@H]2CC(=O)NC(SCC(=O)Nc3ccc(Br)cc3C)=C2C#N)cc1. The lowest BCUT2D eigenvalue weighted by Gasteiger charge is -2.25. The highest BCUT2D eigenvalue weighted by molar-refractivity contribution is 9.10. The van der Waals surface area contributed by atoms with E-state index in [-0.39, 0.29) is 29.9 Å². The van der Waals surface area contributed by atoms with E-state index in [4.69, 9.17) is 4.74 Å². The lowest BCUT2D eigenvalue weighted by atomic mass is 9.87. The lowest BCUT2D eigenvalue weighted by molar-refractivity contribution is -0.121. The third-order valence-electron chi connectivity index (χ3n) is 4.68. The Hall–Kier alpha value is -2.76. The Morgan fingerprint density at radius 2 is 2.07 bits per heavy atom. The van der Waals surface area contributed by atoms with Crippen molar-refractivity contribution >= 4 is 45.2 Å². The molecule has 0 saturated carbocycles. The number of hydrogen-bond donors (Lipinski definition) is 2. The van der Waals surface area contributed by atoms with E-state index in [0.29, 0.717) is 16.4 Å². The van der Waals surface area contributed by atoms with Gasteiger partial charge >= 0.3 is 0 Å². The number of aryl methyl sites for hydroxylation is 1. The van der Waals surface area contributed by atoms with Gasteiger partial charge in [-0.25, -0.2) is 0 Å². The second-order valence-electron chi connectivity index (χ2n) is 6.73. The molecule has 0 fully saturated rings. The Labute approximate surface area is 187 Å². The van der Waals surface area contributed by atoms with Crippen LogP contribution in [0.4, 0.5) is 5.69 Å². The molecular weight excluding hydrogens is 466 g/mol. The number of halogens is 1. The zero-order valence-electron chi connectivity index (χ0n) is 16.5. The van der Waals surface area contributed by atoms with Crippen molar-refractivity contribution in [2.24, 2.45) is 0 Å². The highest BCUT2D eigenvalue weighted by atomic mass is 79.9. The van der Waals surface area contributed by atoms with Crippen molar-refractivity contribution in [1.82, 2.24) is 5.32 Å². The summed E-state index contributed by atoms with van der Waals surface area (Å²) >= 11 is 4.55. The van der Waals surface area contributed by atoms with E-state index in [1.807, 2.05) is 37.3 Å². The van der Waals surface area contributed by atoms with E-state index < -0.39 is 0 Å². The molecule has 6 nitrogen and oxygen atoms in total. The second kappa shape index (κ2) is 9.83. The van der Waals surface area contributed by atoms with Crippen molar-refractivity contribution in [3.05, 3.63) is 68.7 Å². The van der Waals surface area contributed by atoms with E-state index >= 15 is 0 Å². The number of benzene rings is 2. The van der Waals surface area contributed by atoms with Crippen LogP contribution in [0.3, 0.4) is 0 Å². The maximum Gasteiger partial charge on any atom is 0.234 e. The molecule has 0 aliphatic carbocycles. The van der Waals surface area contributed by atoms with E-state index in [2.05, 4.69) is 32.6 Å². The topological polar surface area (TPSA) is 91.2 Å². The highest BCUT2D eigenvalue weighted by Gasteiger charge is 2.29. The monoisotopic (exact) mass is 485 g/mol. The first-order valence-electron chi connectivity index (χ1n) is 9.18. The van der Waals surface area contributed by atoms with Crippen LogP contribution in [0, 0.1) is 18.3 Å². The molecule has 0 aromatic heterocycles. The normalized spacial score (nSPS) is 15.9. The van der Waals surface area contributed by atoms with Crippen molar-refractivity contribution in [3.8, 4) is 11.8 Å². The number of hydrogen-bond acceptors (Lipinski definition) is 5. The summed E-state index contributed by atoms with van der Waals surface area (Å²) in [4.78, 5) is 24.7. The molecule has 0 unspecified atom stereocenters. The van der Waals surface area contributed by atoms with Crippen LogP contribution in [0.2, 0.25) is 0 Å². The standard InChI is InChI=1S/C22H20BrN3O3S/c1-13-9-15(23)5-8-19(13)25-21(28)12-30-22-18(11-24)17(10-20(27)26-22)14-3-6-16(29-2)7-4-14/h3-9,17H,10,12H2,1-2H3,(H,25,28)(H,26,27)/t17-/m0/s1. The summed E-state index contributed by atoms with van der Waals surface area (Å²) in [6.07, 6.45) is 0.184. The fourth-order valence-corrected chi connectivity index (χ4v) is 4.50. The zero-order valence-corrected chi connectivity index (χ0v) is 18.9. The molecule has 8 heteroatoms. The molecule has 0 radical (unpaired) electrons. The minimum absolute atomic E-state index is 0.0750. The minimum atomic E-state index is -0.353. The number of thioether (sulfide) groups is 1. The number of nitriles is 1.